The van der Waals surface area contributed by atoms with Crippen LogP contribution in [-0.4, -0.2) is 24.0 Å². The van der Waals surface area contributed by atoms with Crippen LogP contribution in [0.2, 0.25) is 5.02 Å². The number of fused-ring (bicyclic) bond motifs is 1. The summed E-state index contributed by atoms with van der Waals surface area (Å²) in [5, 5.41) is 3.87. The van der Waals surface area contributed by atoms with Crippen molar-refractivity contribution >= 4 is 40.1 Å². The summed E-state index contributed by atoms with van der Waals surface area (Å²) in [5.74, 6) is -0.810. The van der Waals surface area contributed by atoms with E-state index in [2.05, 4.69) is 15.0 Å². The molecule has 0 atom stereocenters. The van der Waals surface area contributed by atoms with E-state index < -0.39 is 5.97 Å². The molecule has 1 heterocycles. The Balaban J connectivity index is 1.92. The van der Waals surface area contributed by atoms with Crippen molar-refractivity contribution in [1.29, 1.82) is 0 Å². The second-order valence-electron chi connectivity index (χ2n) is 4.89. The zero-order valence-corrected chi connectivity index (χ0v) is 13.0. The van der Waals surface area contributed by atoms with Crippen LogP contribution in [0, 0.1) is 0 Å². The normalized spacial score (nSPS) is 10.5. The zero-order chi connectivity index (χ0) is 16.4. The van der Waals surface area contributed by atoms with Crippen LogP contribution in [0.5, 0.6) is 0 Å². The van der Waals surface area contributed by atoms with E-state index in [0.717, 1.165) is 10.9 Å². The second kappa shape index (κ2) is 6.14. The maximum absolute atomic E-state index is 12.5. The smallest absolute Gasteiger partial charge is 0.337 e. The van der Waals surface area contributed by atoms with Gasteiger partial charge in [-0.1, -0.05) is 29.8 Å². The molecular weight excluding hydrogens is 316 g/mol. The Morgan fingerprint density at radius 3 is 2.74 bits per heavy atom. The molecule has 0 aliphatic carbocycles. The Morgan fingerprint density at radius 2 is 1.96 bits per heavy atom. The Labute approximate surface area is 137 Å². The number of aromatic nitrogens is 1. The molecule has 0 saturated heterocycles. The quantitative estimate of drug-likeness (QED) is 0.717. The van der Waals surface area contributed by atoms with Gasteiger partial charge in [-0.15, -0.1) is 0 Å². The molecule has 0 unspecified atom stereocenters. The summed E-state index contributed by atoms with van der Waals surface area (Å²) in [6.45, 7) is 0. The number of carbonyl (C=O) groups excluding carboxylic acids is 2. The maximum Gasteiger partial charge on any atom is 0.337 e. The van der Waals surface area contributed by atoms with Crippen LogP contribution in [0.1, 0.15) is 20.7 Å². The van der Waals surface area contributed by atoms with Gasteiger partial charge in [0, 0.05) is 17.1 Å². The number of ether oxygens (including phenoxy) is 1. The molecular formula is C17H13ClN2O3. The molecule has 0 spiro atoms. The molecule has 116 valence electrons. The summed E-state index contributed by atoms with van der Waals surface area (Å²) >= 11 is 6.09. The lowest BCUT2D eigenvalue weighted by molar-refractivity contribution is 0.0600. The van der Waals surface area contributed by atoms with Crippen molar-refractivity contribution in [1.82, 2.24) is 4.98 Å². The van der Waals surface area contributed by atoms with Gasteiger partial charge in [-0.05, 0) is 24.3 Å². The van der Waals surface area contributed by atoms with Crippen LogP contribution in [0.15, 0.2) is 48.7 Å². The summed E-state index contributed by atoms with van der Waals surface area (Å²) in [4.78, 5) is 27.1. The van der Waals surface area contributed by atoms with Gasteiger partial charge in [0.15, 0.2) is 0 Å². The van der Waals surface area contributed by atoms with E-state index in [-0.39, 0.29) is 5.91 Å². The number of H-pyrrole nitrogens is 1. The van der Waals surface area contributed by atoms with Gasteiger partial charge in [0.2, 0.25) is 0 Å². The van der Waals surface area contributed by atoms with Gasteiger partial charge < -0.3 is 15.0 Å². The fraction of sp³-hybridized carbons (Fsp3) is 0.0588. The lowest BCUT2D eigenvalue weighted by Crippen LogP contribution is -2.12. The first-order valence-corrected chi connectivity index (χ1v) is 7.23. The number of amides is 1. The summed E-state index contributed by atoms with van der Waals surface area (Å²) in [5.41, 5.74) is 2.03. The summed E-state index contributed by atoms with van der Waals surface area (Å²) < 4.78 is 4.67. The average Bonchev–Trinajstić information content (AvgIpc) is 3.00. The number of methoxy groups -OCH3 is 1. The summed E-state index contributed by atoms with van der Waals surface area (Å²) in [6.07, 6.45) is 1.64. The number of hydrogen-bond donors (Lipinski definition) is 2. The van der Waals surface area contributed by atoms with Gasteiger partial charge in [-0.25, -0.2) is 4.79 Å². The van der Waals surface area contributed by atoms with E-state index in [0.29, 0.717) is 21.8 Å². The first-order chi connectivity index (χ1) is 11.1. The van der Waals surface area contributed by atoms with Crippen molar-refractivity contribution in [2.45, 2.75) is 0 Å². The highest BCUT2D eigenvalue weighted by Gasteiger charge is 2.15. The molecule has 0 saturated carbocycles. The molecule has 0 bridgehead atoms. The predicted molar refractivity (Wildman–Crippen MR) is 89.0 cm³/mol. The van der Waals surface area contributed by atoms with Gasteiger partial charge >= 0.3 is 5.97 Å². The van der Waals surface area contributed by atoms with Crippen LogP contribution >= 0.6 is 11.6 Å². The van der Waals surface area contributed by atoms with Gasteiger partial charge in [-0.2, -0.15) is 0 Å². The number of hydrogen-bond acceptors (Lipinski definition) is 3. The molecule has 0 fully saturated rings. The fourth-order valence-corrected chi connectivity index (χ4v) is 2.48. The number of carbonyl (C=O) groups is 2. The van der Waals surface area contributed by atoms with Crippen molar-refractivity contribution in [2.75, 3.05) is 12.4 Å². The molecule has 2 aromatic carbocycles. The fourth-order valence-electron chi connectivity index (χ4n) is 2.31. The average molecular weight is 329 g/mol. The lowest BCUT2D eigenvalue weighted by Gasteiger charge is -2.08. The molecule has 6 heteroatoms. The van der Waals surface area contributed by atoms with Crippen LogP contribution in [0.25, 0.3) is 10.9 Å². The first-order valence-electron chi connectivity index (χ1n) is 6.85. The molecule has 2 N–H and O–H groups in total. The molecule has 3 rings (SSSR count). The monoisotopic (exact) mass is 328 g/mol. The minimum absolute atomic E-state index is 0.311. The van der Waals surface area contributed by atoms with Gasteiger partial charge in [0.05, 0.1) is 28.9 Å². The van der Waals surface area contributed by atoms with Crippen molar-refractivity contribution in [3.05, 3.63) is 64.8 Å². The third-order valence-electron chi connectivity index (χ3n) is 3.47. The highest BCUT2D eigenvalue weighted by Crippen LogP contribution is 2.25. The van der Waals surface area contributed by atoms with E-state index in [1.165, 1.54) is 19.2 Å². The van der Waals surface area contributed by atoms with Gasteiger partial charge in [0.25, 0.3) is 5.91 Å². The molecule has 23 heavy (non-hydrogen) atoms. The molecule has 0 aliphatic rings. The van der Waals surface area contributed by atoms with Crippen LogP contribution in [0.4, 0.5) is 5.69 Å². The molecule has 5 nitrogen and oxygen atoms in total. The van der Waals surface area contributed by atoms with E-state index in [9.17, 15) is 9.59 Å². The molecule has 1 aromatic heterocycles. The van der Waals surface area contributed by atoms with Crippen molar-refractivity contribution < 1.29 is 14.3 Å². The number of halogens is 1. The molecule has 0 radical (unpaired) electrons. The Kier molecular flexibility index (Phi) is 4.04. The zero-order valence-electron chi connectivity index (χ0n) is 12.2. The standard InChI is InChI=1S/C17H13ClN2O3/c1-23-17(22)10-6-7-13(18)15(8-10)20-16(21)12-9-19-14-5-3-2-4-11(12)14/h2-9,19H,1H3,(H,20,21). The van der Waals surface area contributed by atoms with Crippen LogP contribution in [0.3, 0.4) is 0 Å². The minimum atomic E-state index is -0.496. The van der Waals surface area contributed by atoms with Crippen molar-refractivity contribution in [2.24, 2.45) is 0 Å². The predicted octanol–water partition coefficient (Wildman–Crippen LogP) is 3.86. The Hall–Kier alpha value is -2.79. The number of para-hydroxylation sites is 1. The maximum atomic E-state index is 12.5. The van der Waals surface area contributed by atoms with E-state index in [4.69, 9.17) is 11.6 Å². The SMILES string of the molecule is COC(=O)c1ccc(Cl)c(NC(=O)c2c[nH]c3ccccc23)c1. The van der Waals surface area contributed by atoms with Crippen LogP contribution < -0.4 is 5.32 Å². The van der Waals surface area contributed by atoms with Crippen molar-refractivity contribution in [3.63, 3.8) is 0 Å². The van der Waals surface area contributed by atoms with E-state index in [1.54, 1.807) is 12.3 Å². The van der Waals surface area contributed by atoms with E-state index >= 15 is 0 Å². The van der Waals surface area contributed by atoms with E-state index in [1.807, 2.05) is 24.3 Å². The number of rotatable bonds is 3. The number of benzene rings is 2. The molecule has 3 aromatic rings. The highest BCUT2D eigenvalue weighted by atomic mass is 35.5. The Bertz CT molecular complexity index is 902. The summed E-state index contributed by atoms with van der Waals surface area (Å²) in [7, 11) is 1.29. The third kappa shape index (κ3) is 2.91. The van der Waals surface area contributed by atoms with Crippen molar-refractivity contribution in [3.8, 4) is 0 Å². The Morgan fingerprint density at radius 1 is 1.17 bits per heavy atom. The largest absolute Gasteiger partial charge is 0.465 e. The lowest BCUT2D eigenvalue weighted by atomic mass is 10.1. The molecule has 1 amide bonds. The van der Waals surface area contributed by atoms with Gasteiger partial charge in [-0.3, -0.25) is 4.79 Å². The topological polar surface area (TPSA) is 71.2 Å². The number of anilines is 1. The highest BCUT2D eigenvalue weighted by molar-refractivity contribution is 6.34. The van der Waals surface area contributed by atoms with Crippen LogP contribution in [-0.2, 0) is 4.74 Å². The first kappa shape index (κ1) is 15.1. The number of aromatic amines is 1. The number of nitrogens with one attached hydrogen (secondary N) is 2. The molecule has 0 aliphatic heterocycles. The minimum Gasteiger partial charge on any atom is -0.465 e. The van der Waals surface area contributed by atoms with Gasteiger partial charge in [0.1, 0.15) is 0 Å². The summed E-state index contributed by atoms with van der Waals surface area (Å²) in [6, 6.07) is 12.0. The second-order valence-corrected chi connectivity index (χ2v) is 5.30. The number of esters is 1. The third-order valence-corrected chi connectivity index (χ3v) is 3.80.